The van der Waals surface area contributed by atoms with Gasteiger partial charge in [0.15, 0.2) is 0 Å². The zero-order valence-electron chi connectivity index (χ0n) is 31.3. The molecule has 4 heteroatoms. The topological polar surface area (TPSA) is 27.9 Å². The zero-order valence-corrected chi connectivity index (χ0v) is 31.3. The second kappa shape index (κ2) is 11.8. The van der Waals surface area contributed by atoms with E-state index < -0.39 is 0 Å². The van der Waals surface area contributed by atoms with Crippen LogP contribution in [0.3, 0.4) is 0 Å². The number of furan rings is 1. The van der Waals surface area contributed by atoms with Gasteiger partial charge >= 0.3 is 0 Å². The molecule has 58 heavy (non-hydrogen) atoms. The molecule has 4 heterocycles. The fourth-order valence-corrected chi connectivity index (χ4v) is 9.78. The van der Waals surface area contributed by atoms with Crippen molar-refractivity contribution in [2.45, 2.75) is 0 Å². The van der Waals surface area contributed by atoms with Crippen LogP contribution in [0.25, 0.3) is 116 Å². The van der Waals surface area contributed by atoms with Gasteiger partial charge in [-0.25, -0.2) is 0 Å². The first-order chi connectivity index (χ1) is 28.8. The Hall–Kier alpha value is -7.82. The predicted octanol–water partition coefficient (Wildman–Crippen LogP) is 14.5. The predicted molar refractivity (Wildman–Crippen MR) is 242 cm³/mol. The molecule has 0 atom stereocenters. The van der Waals surface area contributed by atoms with Crippen molar-refractivity contribution in [1.82, 2.24) is 13.7 Å². The van der Waals surface area contributed by atoms with Gasteiger partial charge in [-0.15, -0.1) is 0 Å². The summed E-state index contributed by atoms with van der Waals surface area (Å²) in [5.41, 5.74) is 14.6. The van der Waals surface area contributed by atoms with E-state index in [0.717, 1.165) is 61.0 Å². The molecule has 9 aromatic carbocycles. The minimum absolute atomic E-state index is 0.909. The second-order valence-corrected chi connectivity index (χ2v) is 15.3. The van der Waals surface area contributed by atoms with Gasteiger partial charge in [0.25, 0.3) is 0 Å². The Morgan fingerprint density at radius 2 is 0.724 bits per heavy atom. The molecule has 0 aliphatic rings. The minimum Gasteiger partial charge on any atom is -0.455 e. The Morgan fingerprint density at radius 3 is 1.41 bits per heavy atom. The van der Waals surface area contributed by atoms with Crippen LogP contribution in [0.1, 0.15) is 0 Å². The fraction of sp³-hybridized carbons (Fsp3) is 0. The number of nitrogens with zero attached hydrogens (tertiary/aromatic N) is 3. The molecular weight excluding hydrogens is 707 g/mol. The Balaban J connectivity index is 1.12. The van der Waals surface area contributed by atoms with E-state index in [1.165, 1.54) is 54.6 Å². The van der Waals surface area contributed by atoms with Crippen molar-refractivity contribution in [2.75, 3.05) is 0 Å². The van der Waals surface area contributed by atoms with Crippen LogP contribution in [0.4, 0.5) is 0 Å². The lowest BCUT2D eigenvalue weighted by Gasteiger charge is -2.10. The lowest BCUT2D eigenvalue weighted by Crippen LogP contribution is -1.94. The standard InChI is InChI=1S/C54H33N3O/c1-4-14-36(15-5-1)55-44-22-12-10-21-41(44)51-46(55)30-31-47-52(51)43-32-34(25-28-45(43)56(47)37-16-6-2-7-17-37)35-24-26-42-49(33-35)57(38-18-8-3-9-19-38)48-29-27-40-39-20-11-13-23-50(39)58-54(40)53(42)48/h1-33H. The molecule has 0 amide bonds. The normalized spacial score (nSPS) is 12.1. The molecule has 0 saturated carbocycles. The monoisotopic (exact) mass is 739 g/mol. The molecule has 0 fully saturated rings. The van der Waals surface area contributed by atoms with Crippen molar-refractivity contribution in [3.8, 4) is 28.2 Å². The molecule has 0 aliphatic heterocycles. The van der Waals surface area contributed by atoms with Crippen LogP contribution >= 0.6 is 0 Å². The van der Waals surface area contributed by atoms with Gasteiger partial charge in [-0.2, -0.15) is 0 Å². The van der Waals surface area contributed by atoms with Crippen molar-refractivity contribution in [1.29, 1.82) is 0 Å². The Morgan fingerprint density at radius 1 is 0.276 bits per heavy atom. The fourth-order valence-electron chi connectivity index (χ4n) is 9.78. The summed E-state index contributed by atoms with van der Waals surface area (Å²) in [5, 5.41) is 9.59. The number of aromatic nitrogens is 3. The lowest BCUT2D eigenvalue weighted by molar-refractivity contribution is 0.673. The molecule has 4 aromatic heterocycles. The maximum atomic E-state index is 6.64. The largest absolute Gasteiger partial charge is 0.455 e. The van der Waals surface area contributed by atoms with Gasteiger partial charge in [0.05, 0.1) is 38.5 Å². The van der Waals surface area contributed by atoms with Crippen molar-refractivity contribution < 1.29 is 4.42 Å². The van der Waals surface area contributed by atoms with E-state index in [0.29, 0.717) is 0 Å². The van der Waals surface area contributed by atoms with Gasteiger partial charge in [-0.3, -0.25) is 0 Å². The molecule has 0 aliphatic carbocycles. The van der Waals surface area contributed by atoms with E-state index in [1.807, 2.05) is 6.07 Å². The van der Waals surface area contributed by atoms with Crippen LogP contribution in [-0.2, 0) is 0 Å². The lowest BCUT2D eigenvalue weighted by atomic mass is 9.99. The average molecular weight is 740 g/mol. The highest BCUT2D eigenvalue weighted by Gasteiger charge is 2.22. The van der Waals surface area contributed by atoms with Gasteiger partial charge in [-0.1, -0.05) is 109 Å². The number of hydrogen-bond acceptors (Lipinski definition) is 1. The summed E-state index contributed by atoms with van der Waals surface area (Å²) < 4.78 is 13.9. The summed E-state index contributed by atoms with van der Waals surface area (Å²) in [6, 6.07) is 72.4. The Kier molecular flexibility index (Phi) is 6.41. The minimum atomic E-state index is 0.909. The van der Waals surface area contributed by atoms with E-state index in [1.54, 1.807) is 0 Å². The third-order valence-corrected chi connectivity index (χ3v) is 12.2. The summed E-state index contributed by atoms with van der Waals surface area (Å²) in [6.07, 6.45) is 0. The highest BCUT2D eigenvalue weighted by molar-refractivity contribution is 6.29. The van der Waals surface area contributed by atoms with Gasteiger partial charge in [0.1, 0.15) is 11.2 Å². The smallest absolute Gasteiger partial charge is 0.145 e. The molecule has 0 unspecified atom stereocenters. The van der Waals surface area contributed by atoms with Crippen molar-refractivity contribution in [2.24, 2.45) is 0 Å². The van der Waals surface area contributed by atoms with Gasteiger partial charge in [0.2, 0.25) is 0 Å². The molecule has 13 aromatic rings. The quantitative estimate of drug-likeness (QED) is 0.177. The molecule has 0 radical (unpaired) electrons. The van der Waals surface area contributed by atoms with Crippen LogP contribution in [0.2, 0.25) is 0 Å². The van der Waals surface area contributed by atoms with Crippen LogP contribution in [0.15, 0.2) is 205 Å². The number of benzene rings is 9. The number of hydrogen-bond donors (Lipinski definition) is 0. The van der Waals surface area contributed by atoms with Crippen LogP contribution in [0, 0.1) is 0 Å². The zero-order chi connectivity index (χ0) is 37.9. The number of fused-ring (bicyclic) bond motifs is 14. The van der Waals surface area contributed by atoms with Crippen molar-refractivity contribution in [3.05, 3.63) is 200 Å². The molecule has 0 bridgehead atoms. The summed E-state index contributed by atoms with van der Waals surface area (Å²) in [5.74, 6) is 0. The van der Waals surface area contributed by atoms with E-state index in [-0.39, 0.29) is 0 Å². The van der Waals surface area contributed by atoms with Crippen molar-refractivity contribution >= 4 is 87.4 Å². The first-order valence-corrected chi connectivity index (χ1v) is 19.9. The van der Waals surface area contributed by atoms with Gasteiger partial charge in [0, 0.05) is 54.8 Å². The number of para-hydroxylation sites is 5. The van der Waals surface area contributed by atoms with Gasteiger partial charge in [-0.05, 0) is 102 Å². The van der Waals surface area contributed by atoms with Crippen LogP contribution in [0.5, 0.6) is 0 Å². The summed E-state index contributed by atoms with van der Waals surface area (Å²) >= 11 is 0. The summed E-state index contributed by atoms with van der Waals surface area (Å²) in [7, 11) is 0. The second-order valence-electron chi connectivity index (χ2n) is 15.3. The highest BCUT2D eigenvalue weighted by atomic mass is 16.3. The van der Waals surface area contributed by atoms with E-state index in [4.69, 9.17) is 4.42 Å². The maximum absolute atomic E-state index is 6.64. The Labute approximate surface area is 332 Å². The van der Waals surface area contributed by atoms with Crippen LogP contribution in [-0.4, -0.2) is 13.7 Å². The molecule has 0 N–H and O–H groups in total. The highest BCUT2D eigenvalue weighted by Crippen LogP contribution is 2.45. The number of rotatable bonds is 4. The average Bonchev–Trinajstić information content (AvgIpc) is 4.03. The van der Waals surface area contributed by atoms with E-state index in [9.17, 15) is 0 Å². The van der Waals surface area contributed by atoms with E-state index >= 15 is 0 Å². The molecule has 0 spiro atoms. The van der Waals surface area contributed by atoms with E-state index in [2.05, 4.69) is 208 Å². The molecule has 13 rings (SSSR count). The molecule has 0 saturated heterocycles. The van der Waals surface area contributed by atoms with Crippen molar-refractivity contribution in [3.63, 3.8) is 0 Å². The molecule has 4 nitrogen and oxygen atoms in total. The van der Waals surface area contributed by atoms with Crippen LogP contribution < -0.4 is 0 Å². The first kappa shape index (κ1) is 31.4. The SMILES string of the molecule is c1ccc(-n2c3cc(-c4ccc5c(c4)c4c6c7ccccc7n(-c7ccccc7)c6ccc4n5-c4ccccc4)ccc3c3c4oc5ccccc5c4ccc32)cc1. The Bertz CT molecular complexity index is 3770. The molecular formula is C54H33N3O. The third kappa shape index (κ3) is 4.29. The molecule has 270 valence electrons. The van der Waals surface area contributed by atoms with Gasteiger partial charge < -0.3 is 18.1 Å². The summed E-state index contributed by atoms with van der Waals surface area (Å²) in [6.45, 7) is 0. The third-order valence-electron chi connectivity index (χ3n) is 12.2. The summed E-state index contributed by atoms with van der Waals surface area (Å²) in [4.78, 5) is 0. The first-order valence-electron chi connectivity index (χ1n) is 19.9. The maximum Gasteiger partial charge on any atom is 0.145 e.